The molecule has 0 aliphatic rings. The first-order valence-electron chi connectivity index (χ1n) is 7.07. The first kappa shape index (κ1) is 16.7. The Kier molecular flexibility index (Phi) is 5.88. The van der Waals surface area contributed by atoms with Gasteiger partial charge in [-0.3, -0.25) is 10.1 Å². The molecule has 0 saturated carbocycles. The van der Waals surface area contributed by atoms with Crippen LogP contribution in [0.25, 0.3) is 6.08 Å². The molecule has 4 nitrogen and oxygen atoms in total. The van der Waals surface area contributed by atoms with Gasteiger partial charge in [0.25, 0.3) is 0 Å². The molecule has 0 spiro atoms. The average molecular weight is 326 g/mol. The molecule has 0 atom stereocenters. The maximum Gasteiger partial charge on any atom is 0.250 e. The summed E-state index contributed by atoms with van der Waals surface area (Å²) in [5.74, 6) is 0.487. The molecular weight excluding hydrogens is 308 g/mol. The van der Waals surface area contributed by atoms with E-state index in [1.807, 2.05) is 55.5 Å². The Morgan fingerprint density at radius 3 is 2.35 bits per heavy atom. The number of aryl methyl sites for hydroxylation is 1. The standard InChI is InChI=1S/C18H18N2O2S/c1-13-3-8-15(9-4-13)19-18(23)20-17(21)12-7-14-5-10-16(22-2)11-6-14/h3-12H,1-2H3,(H2,19,20,21,23)/b12-7+. The van der Waals surface area contributed by atoms with Crippen molar-refractivity contribution in [1.82, 2.24) is 5.32 Å². The summed E-state index contributed by atoms with van der Waals surface area (Å²) in [6.07, 6.45) is 3.15. The first-order chi connectivity index (χ1) is 11.1. The van der Waals surface area contributed by atoms with Crippen molar-refractivity contribution in [1.29, 1.82) is 0 Å². The van der Waals surface area contributed by atoms with Crippen molar-refractivity contribution < 1.29 is 9.53 Å². The van der Waals surface area contributed by atoms with E-state index in [9.17, 15) is 4.79 Å². The fourth-order valence-electron chi connectivity index (χ4n) is 1.84. The molecule has 0 unspecified atom stereocenters. The molecule has 0 saturated heterocycles. The molecule has 2 N–H and O–H groups in total. The molecule has 0 heterocycles. The fourth-order valence-corrected chi connectivity index (χ4v) is 2.06. The molecule has 0 aliphatic heterocycles. The molecule has 2 aromatic carbocycles. The van der Waals surface area contributed by atoms with Crippen LogP contribution in [0, 0.1) is 6.92 Å². The summed E-state index contributed by atoms with van der Waals surface area (Å²) in [5, 5.41) is 5.83. The Balaban J connectivity index is 1.86. The van der Waals surface area contributed by atoms with Gasteiger partial charge in [-0.25, -0.2) is 0 Å². The number of carbonyl (C=O) groups excluding carboxylic acids is 1. The molecule has 118 valence electrons. The van der Waals surface area contributed by atoms with Gasteiger partial charge in [0.05, 0.1) is 7.11 Å². The largest absolute Gasteiger partial charge is 0.497 e. The van der Waals surface area contributed by atoms with Crippen molar-refractivity contribution in [3.8, 4) is 5.75 Å². The van der Waals surface area contributed by atoms with Crippen LogP contribution in [0.5, 0.6) is 5.75 Å². The predicted octanol–water partition coefficient (Wildman–Crippen LogP) is 3.53. The topological polar surface area (TPSA) is 50.4 Å². The van der Waals surface area contributed by atoms with Gasteiger partial charge in [0.15, 0.2) is 5.11 Å². The number of nitrogens with one attached hydrogen (secondary N) is 2. The van der Waals surface area contributed by atoms with Crippen LogP contribution >= 0.6 is 12.2 Å². The van der Waals surface area contributed by atoms with E-state index in [0.717, 1.165) is 22.6 Å². The van der Waals surface area contributed by atoms with Gasteiger partial charge in [0.2, 0.25) is 5.91 Å². The van der Waals surface area contributed by atoms with Gasteiger partial charge in [-0.2, -0.15) is 0 Å². The lowest BCUT2D eigenvalue weighted by Gasteiger charge is -2.08. The highest BCUT2D eigenvalue weighted by Crippen LogP contribution is 2.12. The van der Waals surface area contributed by atoms with E-state index >= 15 is 0 Å². The van der Waals surface area contributed by atoms with Crippen LogP contribution < -0.4 is 15.4 Å². The molecule has 0 fully saturated rings. The predicted molar refractivity (Wildman–Crippen MR) is 97.6 cm³/mol. The number of hydrogen-bond donors (Lipinski definition) is 2. The van der Waals surface area contributed by atoms with Crippen LogP contribution in [0.4, 0.5) is 5.69 Å². The minimum absolute atomic E-state index is 0.262. The Morgan fingerprint density at radius 2 is 1.74 bits per heavy atom. The Morgan fingerprint density at radius 1 is 1.09 bits per heavy atom. The highest BCUT2D eigenvalue weighted by atomic mass is 32.1. The van der Waals surface area contributed by atoms with Gasteiger partial charge in [-0.15, -0.1) is 0 Å². The number of hydrogen-bond acceptors (Lipinski definition) is 3. The molecule has 0 bridgehead atoms. The van der Waals surface area contributed by atoms with Gasteiger partial charge in [-0.05, 0) is 55.0 Å². The van der Waals surface area contributed by atoms with Gasteiger partial charge in [-0.1, -0.05) is 29.8 Å². The van der Waals surface area contributed by atoms with Crippen LogP contribution in [-0.4, -0.2) is 18.1 Å². The lowest BCUT2D eigenvalue weighted by Crippen LogP contribution is -2.32. The third-order valence-corrected chi connectivity index (χ3v) is 3.29. The lowest BCUT2D eigenvalue weighted by atomic mass is 10.2. The second-order valence-corrected chi connectivity index (χ2v) is 5.32. The second-order valence-electron chi connectivity index (χ2n) is 4.92. The summed E-state index contributed by atoms with van der Waals surface area (Å²) >= 11 is 5.12. The first-order valence-corrected chi connectivity index (χ1v) is 7.48. The summed E-state index contributed by atoms with van der Waals surface area (Å²) < 4.78 is 5.08. The van der Waals surface area contributed by atoms with Crippen molar-refractivity contribution in [2.45, 2.75) is 6.92 Å². The van der Waals surface area contributed by atoms with E-state index in [4.69, 9.17) is 17.0 Å². The third-order valence-electron chi connectivity index (χ3n) is 3.09. The SMILES string of the molecule is COc1ccc(/C=C/C(=O)NC(=S)Nc2ccc(C)cc2)cc1. The number of anilines is 1. The zero-order chi connectivity index (χ0) is 16.7. The van der Waals surface area contributed by atoms with Crippen molar-refractivity contribution in [3.63, 3.8) is 0 Å². The van der Waals surface area contributed by atoms with E-state index in [0.29, 0.717) is 0 Å². The van der Waals surface area contributed by atoms with Crippen LogP contribution in [0.1, 0.15) is 11.1 Å². The van der Waals surface area contributed by atoms with E-state index in [-0.39, 0.29) is 11.0 Å². The molecule has 0 aliphatic carbocycles. The summed E-state index contributed by atoms with van der Waals surface area (Å²) in [6.45, 7) is 2.01. The minimum atomic E-state index is -0.287. The zero-order valence-corrected chi connectivity index (χ0v) is 13.8. The highest BCUT2D eigenvalue weighted by Gasteiger charge is 2.01. The van der Waals surface area contributed by atoms with Crippen molar-refractivity contribution in [2.24, 2.45) is 0 Å². The number of thiocarbonyl (C=S) groups is 1. The second kappa shape index (κ2) is 8.10. The van der Waals surface area contributed by atoms with Crippen LogP contribution in [0.2, 0.25) is 0 Å². The number of benzene rings is 2. The smallest absolute Gasteiger partial charge is 0.250 e. The highest BCUT2D eigenvalue weighted by molar-refractivity contribution is 7.80. The molecule has 0 aromatic heterocycles. The monoisotopic (exact) mass is 326 g/mol. The summed E-state index contributed by atoms with van der Waals surface area (Å²) in [6, 6.07) is 15.1. The molecule has 0 radical (unpaired) electrons. The third kappa shape index (κ3) is 5.56. The average Bonchev–Trinajstić information content (AvgIpc) is 2.55. The van der Waals surface area contributed by atoms with Crippen molar-refractivity contribution >= 4 is 35.0 Å². The van der Waals surface area contributed by atoms with Crippen molar-refractivity contribution in [3.05, 3.63) is 65.7 Å². The quantitative estimate of drug-likeness (QED) is 0.667. The molecule has 2 rings (SSSR count). The van der Waals surface area contributed by atoms with Crippen LogP contribution in [-0.2, 0) is 4.79 Å². The summed E-state index contributed by atoms with van der Waals surface area (Å²) in [7, 11) is 1.61. The zero-order valence-electron chi connectivity index (χ0n) is 13.0. The van der Waals surface area contributed by atoms with Gasteiger partial charge in [0, 0.05) is 11.8 Å². The lowest BCUT2D eigenvalue weighted by molar-refractivity contribution is -0.115. The van der Waals surface area contributed by atoms with E-state index in [2.05, 4.69) is 10.6 Å². The Hall–Kier alpha value is -2.66. The number of carbonyl (C=O) groups is 1. The summed E-state index contributed by atoms with van der Waals surface area (Å²) in [4.78, 5) is 11.8. The number of rotatable bonds is 4. The maximum atomic E-state index is 11.8. The molecule has 23 heavy (non-hydrogen) atoms. The van der Waals surface area contributed by atoms with E-state index in [1.165, 1.54) is 6.08 Å². The van der Waals surface area contributed by atoms with Gasteiger partial charge in [0.1, 0.15) is 5.75 Å². The molecule has 5 heteroatoms. The van der Waals surface area contributed by atoms with E-state index in [1.54, 1.807) is 13.2 Å². The van der Waals surface area contributed by atoms with Crippen molar-refractivity contribution in [2.75, 3.05) is 12.4 Å². The number of methoxy groups -OCH3 is 1. The van der Waals surface area contributed by atoms with Gasteiger partial charge < -0.3 is 10.1 Å². The molecular formula is C18H18N2O2S. The Labute approximate surface area is 141 Å². The van der Waals surface area contributed by atoms with Crippen LogP contribution in [0.3, 0.4) is 0 Å². The van der Waals surface area contributed by atoms with Crippen LogP contribution in [0.15, 0.2) is 54.6 Å². The minimum Gasteiger partial charge on any atom is -0.497 e. The normalized spacial score (nSPS) is 10.3. The number of amides is 1. The van der Waals surface area contributed by atoms with E-state index < -0.39 is 0 Å². The van der Waals surface area contributed by atoms with Gasteiger partial charge >= 0.3 is 0 Å². The molecule has 2 aromatic rings. The molecule has 1 amide bonds. The Bertz CT molecular complexity index is 707. The maximum absolute atomic E-state index is 11.8. The summed E-state index contributed by atoms with van der Waals surface area (Å²) in [5.41, 5.74) is 2.89. The number of ether oxygens (including phenoxy) is 1. The fraction of sp³-hybridized carbons (Fsp3) is 0.111.